The lowest BCUT2D eigenvalue weighted by molar-refractivity contribution is 0.276. The van der Waals surface area contributed by atoms with Crippen molar-refractivity contribution in [2.45, 2.75) is 12.1 Å². The Bertz CT molecular complexity index is 2930. The smallest absolute Gasteiger partial charge is 0.168 e. The lowest BCUT2D eigenvalue weighted by Crippen LogP contribution is -2.31. The normalized spacial score (nSPS) is 16.4. The highest BCUT2D eigenvalue weighted by atomic mass is 16.5. The zero-order chi connectivity index (χ0) is 33.5. The van der Waals surface area contributed by atoms with E-state index in [4.69, 9.17) is 23.6 Å². The molecule has 0 fully saturated rings. The summed E-state index contributed by atoms with van der Waals surface area (Å²) in [7, 11) is 0. The lowest BCUT2D eigenvalue weighted by atomic mass is 9.92. The molecule has 240 valence electrons. The number of nitrogens with zero attached hydrogens (tertiary/aromatic N) is 2. The van der Waals surface area contributed by atoms with E-state index >= 15 is 0 Å². The molecule has 0 spiro atoms. The van der Waals surface area contributed by atoms with Crippen LogP contribution in [-0.4, -0.2) is 18.2 Å². The highest BCUT2D eigenvalue weighted by Gasteiger charge is 2.40. The number of rotatable bonds is 4. The molecule has 4 heterocycles. The van der Waals surface area contributed by atoms with Crippen LogP contribution in [0.4, 0.5) is 0 Å². The Kier molecular flexibility index (Phi) is 6.01. The van der Waals surface area contributed by atoms with Crippen molar-refractivity contribution >= 4 is 55.9 Å². The van der Waals surface area contributed by atoms with Crippen molar-refractivity contribution in [1.29, 1.82) is 0 Å². The van der Waals surface area contributed by atoms with Crippen LogP contribution in [0.3, 0.4) is 0 Å². The largest absolute Gasteiger partial charge is 0.481 e. The molecule has 0 saturated heterocycles. The van der Waals surface area contributed by atoms with Gasteiger partial charge in [-0.25, -0.2) is 4.99 Å². The molecule has 0 aliphatic carbocycles. The van der Waals surface area contributed by atoms with E-state index in [2.05, 4.69) is 121 Å². The van der Waals surface area contributed by atoms with Crippen LogP contribution in [0.15, 0.2) is 170 Å². The Balaban J connectivity index is 0.903. The second-order valence-corrected chi connectivity index (χ2v) is 13.3. The number of aliphatic imine (C=N–C) groups is 2. The Hall–Kier alpha value is -6.72. The van der Waals surface area contributed by atoms with Crippen LogP contribution in [0.25, 0.3) is 77.3 Å². The molecule has 0 amide bonds. The minimum atomic E-state index is -0.307. The Morgan fingerprint density at radius 2 is 0.922 bits per heavy atom. The molecule has 11 rings (SSSR count). The van der Waals surface area contributed by atoms with Gasteiger partial charge in [-0.2, -0.15) is 0 Å². The lowest BCUT2D eigenvalue weighted by Gasteiger charge is -2.21. The van der Waals surface area contributed by atoms with Gasteiger partial charge in [0.15, 0.2) is 6.10 Å². The monoisotopic (exact) mass is 656 g/mol. The maximum atomic E-state index is 6.61. The number of hydrogen-bond acceptors (Lipinski definition) is 5. The van der Waals surface area contributed by atoms with E-state index < -0.39 is 0 Å². The molecular weight excluding hydrogens is 629 g/mol. The summed E-state index contributed by atoms with van der Waals surface area (Å²) in [5.74, 6) is 0.849. The van der Waals surface area contributed by atoms with Crippen molar-refractivity contribution in [3.63, 3.8) is 0 Å². The Morgan fingerprint density at radius 3 is 1.57 bits per heavy atom. The third-order valence-electron chi connectivity index (χ3n) is 10.3. The molecule has 5 heteroatoms. The van der Waals surface area contributed by atoms with Crippen LogP contribution in [0.1, 0.15) is 17.2 Å². The summed E-state index contributed by atoms with van der Waals surface area (Å²) in [5, 5.41) is 4.49. The predicted molar refractivity (Wildman–Crippen MR) is 206 cm³/mol. The standard InChI is InChI=1S/C46H28N2O3/c1-3-13-39-34(11-1)36-23-30(15-18-41(36)49-39)27-7-5-8-28(21-27)32-17-20-43-38(25-32)45-46(51-43)44(47-26-48-45)33-10-6-9-29(22-33)31-16-19-42-37(24-31)35-12-2-4-14-40(35)50-42/h1-26,45-46H. The number of benzene rings is 7. The van der Waals surface area contributed by atoms with Crippen LogP contribution < -0.4 is 4.74 Å². The molecule has 0 radical (unpaired) electrons. The van der Waals surface area contributed by atoms with Crippen LogP contribution in [0.5, 0.6) is 5.75 Å². The highest BCUT2D eigenvalue weighted by molar-refractivity contribution is 6.11. The molecule has 51 heavy (non-hydrogen) atoms. The molecule has 7 aromatic carbocycles. The van der Waals surface area contributed by atoms with Crippen molar-refractivity contribution in [2.24, 2.45) is 9.98 Å². The second-order valence-electron chi connectivity index (χ2n) is 13.3. The molecule has 2 aliphatic rings. The van der Waals surface area contributed by atoms with Crippen molar-refractivity contribution in [2.75, 3.05) is 0 Å². The first-order valence-corrected chi connectivity index (χ1v) is 17.2. The molecule has 2 unspecified atom stereocenters. The fraction of sp³-hybridized carbons (Fsp3) is 0.0435. The Labute approximate surface area is 292 Å². The second kappa shape index (κ2) is 10.9. The van der Waals surface area contributed by atoms with E-state index in [1.54, 1.807) is 6.34 Å². The fourth-order valence-electron chi connectivity index (χ4n) is 7.82. The average Bonchev–Trinajstić information content (AvgIpc) is 3.88. The summed E-state index contributed by atoms with van der Waals surface area (Å²) in [6.45, 7) is 0. The number of ether oxygens (including phenoxy) is 1. The van der Waals surface area contributed by atoms with Crippen molar-refractivity contribution in [3.05, 3.63) is 163 Å². The van der Waals surface area contributed by atoms with Crippen LogP contribution in [0, 0.1) is 0 Å². The molecule has 2 atom stereocenters. The fourth-order valence-corrected chi connectivity index (χ4v) is 7.82. The van der Waals surface area contributed by atoms with Gasteiger partial charge in [0.25, 0.3) is 0 Å². The molecule has 5 nitrogen and oxygen atoms in total. The molecule has 0 bridgehead atoms. The van der Waals surface area contributed by atoms with Gasteiger partial charge in [0.1, 0.15) is 40.5 Å². The number of furan rings is 2. The minimum absolute atomic E-state index is 0.176. The summed E-state index contributed by atoms with van der Waals surface area (Å²) in [5.41, 5.74) is 13.4. The first-order valence-electron chi connectivity index (χ1n) is 17.2. The van der Waals surface area contributed by atoms with E-state index in [0.717, 1.165) is 99.8 Å². The number of hydrogen-bond donors (Lipinski definition) is 0. The maximum Gasteiger partial charge on any atom is 0.168 e. The summed E-state index contributed by atoms with van der Waals surface area (Å²) in [6, 6.07) is 52.7. The summed E-state index contributed by atoms with van der Waals surface area (Å²) in [6.07, 6.45) is 1.38. The van der Waals surface area contributed by atoms with Gasteiger partial charge in [-0.05, 0) is 94.0 Å². The first-order chi connectivity index (χ1) is 25.2. The van der Waals surface area contributed by atoms with E-state index in [1.807, 2.05) is 30.3 Å². The van der Waals surface area contributed by atoms with Gasteiger partial charge in [0, 0.05) is 32.7 Å². The highest BCUT2D eigenvalue weighted by Crippen LogP contribution is 2.44. The number of fused-ring (bicyclic) bond motifs is 9. The van der Waals surface area contributed by atoms with Gasteiger partial charge in [0.05, 0.1) is 5.71 Å². The molecule has 2 aliphatic heterocycles. The van der Waals surface area contributed by atoms with Crippen molar-refractivity contribution < 1.29 is 13.6 Å². The zero-order valence-electron chi connectivity index (χ0n) is 27.3. The van der Waals surface area contributed by atoms with E-state index in [1.165, 1.54) is 0 Å². The van der Waals surface area contributed by atoms with E-state index in [-0.39, 0.29) is 12.1 Å². The van der Waals surface area contributed by atoms with Gasteiger partial charge in [-0.1, -0.05) is 91.0 Å². The maximum absolute atomic E-state index is 6.61. The molecule has 0 N–H and O–H groups in total. The Morgan fingerprint density at radius 1 is 0.412 bits per heavy atom. The van der Waals surface area contributed by atoms with Gasteiger partial charge >= 0.3 is 0 Å². The summed E-state index contributed by atoms with van der Waals surface area (Å²) >= 11 is 0. The topological polar surface area (TPSA) is 60.2 Å². The van der Waals surface area contributed by atoms with E-state index in [9.17, 15) is 0 Å². The van der Waals surface area contributed by atoms with Gasteiger partial charge < -0.3 is 13.6 Å². The van der Waals surface area contributed by atoms with Crippen molar-refractivity contribution in [3.8, 4) is 39.1 Å². The minimum Gasteiger partial charge on any atom is -0.481 e. The van der Waals surface area contributed by atoms with Gasteiger partial charge in [-0.3, -0.25) is 4.99 Å². The summed E-state index contributed by atoms with van der Waals surface area (Å²) < 4.78 is 18.8. The van der Waals surface area contributed by atoms with Crippen molar-refractivity contribution in [1.82, 2.24) is 0 Å². The molecule has 2 aromatic heterocycles. The summed E-state index contributed by atoms with van der Waals surface area (Å²) in [4.78, 5) is 9.62. The third-order valence-corrected chi connectivity index (χ3v) is 10.3. The van der Waals surface area contributed by atoms with Crippen LogP contribution in [-0.2, 0) is 0 Å². The third kappa shape index (κ3) is 4.48. The molecular formula is C46H28N2O3. The van der Waals surface area contributed by atoms with Crippen LogP contribution in [0.2, 0.25) is 0 Å². The van der Waals surface area contributed by atoms with Gasteiger partial charge in [-0.15, -0.1) is 0 Å². The first kappa shape index (κ1) is 28.2. The van der Waals surface area contributed by atoms with Gasteiger partial charge in [0.2, 0.25) is 0 Å². The quantitative estimate of drug-likeness (QED) is 0.189. The molecule has 9 aromatic rings. The zero-order valence-corrected chi connectivity index (χ0v) is 27.3. The average molecular weight is 657 g/mol. The SMILES string of the molecule is C1=NC2c3cc(-c4cccc(-c5ccc6oc7ccccc7c6c5)c4)ccc3OC2C(c2cccc(-c3ccc4oc5ccccc5c4c3)c2)=N1. The van der Waals surface area contributed by atoms with Crippen LogP contribution >= 0.6 is 0 Å². The predicted octanol–water partition coefficient (Wildman–Crippen LogP) is 11.8. The van der Waals surface area contributed by atoms with E-state index in [0.29, 0.717) is 0 Å². The number of para-hydroxylation sites is 2. The molecule has 0 saturated carbocycles.